The average molecular weight is 711 g/mol. The third-order valence-electron chi connectivity index (χ3n) is 9.61. The van der Waals surface area contributed by atoms with E-state index in [9.17, 15) is 9.18 Å². The number of carbonyl (C=O) groups is 1. The number of carbonyl (C=O) groups excluding carboxylic acids is 1. The van der Waals surface area contributed by atoms with Crippen LogP contribution in [0.15, 0.2) is 60.6 Å². The van der Waals surface area contributed by atoms with Crippen molar-refractivity contribution in [1.82, 2.24) is 29.4 Å². The highest BCUT2D eigenvalue weighted by Gasteiger charge is 2.32. The van der Waals surface area contributed by atoms with Gasteiger partial charge in [0.1, 0.15) is 41.1 Å². The second-order valence-electron chi connectivity index (χ2n) is 12.7. The summed E-state index contributed by atoms with van der Waals surface area (Å²) in [5.74, 6) is -1.02. The van der Waals surface area contributed by atoms with Crippen LogP contribution in [0.2, 0.25) is 0 Å². The van der Waals surface area contributed by atoms with E-state index in [4.69, 9.17) is 24.3 Å². The van der Waals surface area contributed by atoms with Gasteiger partial charge in [-0.25, -0.2) is 13.8 Å². The minimum absolute atomic E-state index is 0.0450. The standard InChI is InChI=1S/C38H36F2N6O4S/c1-4-33(47)45-9-10-46-29(22(45)2)19-28(43-46)37-35-34-27(40)17-24(39)18-32(34)50-14-13-48-11-6-5-7-12-49-31-20-30-23(21-41-44(30)3)16-26(31)36(42-37)25-8-15-51-38(25)35/h4,8,15-22H,1,5-7,9-14H2,2-3H3/t22-/m1/s1. The van der Waals surface area contributed by atoms with Gasteiger partial charge in [0.15, 0.2) is 0 Å². The molecule has 10 nitrogen and oxygen atoms in total. The highest BCUT2D eigenvalue weighted by Crippen LogP contribution is 2.49. The van der Waals surface area contributed by atoms with Crippen LogP contribution in [-0.2, 0) is 23.1 Å². The minimum atomic E-state index is -0.785. The Hall–Kier alpha value is -5.14. The fourth-order valence-corrected chi connectivity index (χ4v) is 8.00. The average Bonchev–Trinajstić information content (AvgIpc) is 3.87. The molecule has 51 heavy (non-hydrogen) atoms. The first-order valence-electron chi connectivity index (χ1n) is 17.0. The number of hydrogen-bond acceptors (Lipinski definition) is 8. The highest BCUT2D eigenvalue weighted by molar-refractivity contribution is 7.18. The number of fused-ring (bicyclic) bond motifs is 6. The summed E-state index contributed by atoms with van der Waals surface area (Å²) < 4.78 is 54.0. The Morgan fingerprint density at radius 3 is 2.69 bits per heavy atom. The van der Waals surface area contributed by atoms with E-state index in [0.29, 0.717) is 54.7 Å². The van der Waals surface area contributed by atoms with Gasteiger partial charge in [-0.15, -0.1) is 11.3 Å². The number of hydrogen-bond donors (Lipinski definition) is 0. The molecule has 6 aromatic rings. The molecule has 2 aliphatic heterocycles. The van der Waals surface area contributed by atoms with Crippen LogP contribution in [0, 0.1) is 11.6 Å². The molecule has 262 valence electrons. The Morgan fingerprint density at radius 1 is 0.980 bits per heavy atom. The maximum atomic E-state index is 16.3. The largest absolute Gasteiger partial charge is 0.493 e. The van der Waals surface area contributed by atoms with Crippen LogP contribution >= 0.6 is 11.3 Å². The third-order valence-corrected chi connectivity index (χ3v) is 10.5. The second kappa shape index (κ2) is 13.5. The number of benzene rings is 2. The van der Waals surface area contributed by atoms with E-state index in [1.807, 2.05) is 48.3 Å². The molecule has 1 amide bonds. The Morgan fingerprint density at radius 2 is 1.82 bits per heavy atom. The predicted molar refractivity (Wildman–Crippen MR) is 192 cm³/mol. The van der Waals surface area contributed by atoms with Crippen molar-refractivity contribution in [3.8, 4) is 45.3 Å². The lowest BCUT2D eigenvalue weighted by Gasteiger charge is -2.33. The molecule has 13 heteroatoms. The van der Waals surface area contributed by atoms with Crippen LogP contribution < -0.4 is 9.47 Å². The lowest BCUT2D eigenvalue weighted by Crippen LogP contribution is -2.40. The Labute approximate surface area is 296 Å². The van der Waals surface area contributed by atoms with Crippen molar-refractivity contribution in [2.24, 2.45) is 7.05 Å². The molecule has 2 aliphatic rings. The van der Waals surface area contributed by atoms with Gasteiger partial charge in [-0.3, -0.25) is 14.2 Å². The first kappa shape index (κ1) is 33.0. The normalized spacial score (nSPS) is 16.9. The molecule has 2 aromatic carbocycles. The molecule has 0 aliphatic carbocycles. The van der Waals surface area contributed by atoms with Gasteiger partial charge < -0.3 is 19.1 Å². The molecule has 1 atom stereocenters. The number of aryl methyl sites for hydroxylation is 1. The molecule has 0 saturated carbocycles. The summed E-state index contributed by atoms with van der Waals surface area (Å²) in [6.07, 6.45) is 5.68. The molecule has 0 radical (unpaired) electrons. The fraction of sp³-hybridized carbons (Fsp3) is 0.316. The summed E-state index contributed by atoms with van der Waals surface area (Å²) in [5.41, 5.74) is 4.49. The minimum Gasteiger partial charge on any atom is -0.493 e. The molecule has 2 bridgehead atoms. The van der Waals surface area contributed by atoms with Crippen LogP contribution in [0.25, 0.3) is 54.8 Å². The van der Waals surface area contributed by atoms with Crippen LogP contribution in [0.4, 0.5) is 8.78 Å². The summed E-state index contributed by atoms with van der Waals surface area (Å²) in [4.78, 5) is 19.8. The Balaban J connectivity index is 1.42. The van der Waals surface area contributed by atoms with E-state index in [1.165, 1.54) is 23.5 Å². The van der Waals surface area contributed by atoms with Crippen LogP contribution in [0.1, 0.15) is 37.9 Å². The maximum Gasteiger partial charge on any atom is 0.246 e. The zero-order valence-electron chi connectivity index (χ0n) is 28.3. The summed E-state index contributed by atoms with van der Waals surface area (Å²) >= 11 is 1.43. The van der Waals surface area contributed by atoms with Gasteiger partial charge in [0.05, 0.1) is 54.5 Å². The highest BCUT2D eigenvalue weighted by atomic mass is 32.1. The number of amides is 1. The molecule has 0 spiro atoms. The van der Waals surface area contributed by atoms with Crippen molar-refractivity contribution in [2.75, 3.05) is 33.0 Å². The lowest BCUT2D eigenvalue weighted by molar-refractivity contribution is -0.129. The SMILES string of the molecule is C=CC(=O)N1CCn2nc(-c3nc4c5ccsc5c3-c3c(F)cc(F)cc3OCCOCCCCCOc3cc5c(cnn5C)cc3-4)cc2[C@H]1C. The number of thiophene rings is 1. The van der Waals surface area contributed by atoms with E-state index in [-0.39, 0.29) is 36.5 Å². The molecule has 6 heterocycles. The van der Waals surface area contributed by atoms with Crippen molar-refractivity contribution >= 4 is 38.2 Å². The van der Waals surface area contributed by atoms with Crippen molar-refractivity contribution < 1.29 is 27.8 Å². The molecule has 0 saturated heterocycles. The monoisotopic (exact) mass is 710 g/mol. The molecule has 0 fully saturated rings. The number of rotatable bonds is 2. The summed E-state index contributed by atoms with van der Waals surface area (Å²) in [6, 6.07) is 9.63. The van der Waals surface area contributed by atoms with Crippen molar-refractivity contribution in [3.63, 3.8) is 0 Å². The summed E-state index contributed by atoms with van der Waals surface area (Å²) in [6.45, 7) is 7.90. The van der Waals surface area contributed by atoms with E-state index >= 15 is 4.39 Å². The van der Waals surface area contributed by atoms with Gasteiger partial charge in [-0.1, -0.05) is 6.58 Å². The Bertz CT molecular complexity index is 2310. The number of ether oxygens (including phenoxy) is 3. The number of halogens is 2. The van der Waals surface area contributed by atoms with Gasteiger partial charge in [0.25, 0.3) is 0 Å². The molecular formula is C38H36F2N6O4S. The lowest BCUT2D eigenvalue weighted by atomic mass is 9.95. The van der Waals surface area contributed by atoms with Crippen molar-refractivity contribution in [3.05, 3.63) is 78.0 Å². The van der Waals surface area contributed by atoms with Gasteiger partial charge in [-0.05, 0) is 55.8 Å². The first-order chi connectivity index (χ1) is 24.8. The van der Waals surface area contributed by atoms with Crippen LogP contribution in [-0.4, -0.2) is 68.3 Å². The first-order valence-corrected chi connectivity index (χ1v) is 17.9. The number of aromatic nitrogens is 5. The summed E-state index contributed by atoms with van der Waals surface area (Å²) in [7, 11) is 1.89. The van der Waals surface area contributed by atoms with Gasteiger partial charge in [0.2, 0.25) is 5.91 Å². The molecule has 0 unspecified atom stereocenters. The predicted octanol–water partition coefficient (Wildman–Crippen LogP) is 7.71. The molecular weight excluding hydrogens is 675 g/mol. The number of nitrogens with zero attached hydrogens (tertiary/aromatic N) is 6. The van der Waals surface area contributed by atoms with Crippen LogP contribution in [0.5, 0.6) is 11.5 Å². The Kier molecular flexibility index (Phi) is 8.76. The quantitative estimate of drug-likeness (QED) is 0.170. The molecule has 0 N–H and O–H groups in total. The molecule has 8 rings (SSSR count). The van der Waals surface area contributed by atoms with Gasteiger partial charge in [0, 0.05) is 65.0 Å². The van der Waals surface area contributed by atoms with Crippen molar-refractivity contribution in [1.29, 1.82) is 0 Å². The van der Waals surface area contributed by atoms with Gasteiger partial charge >= 0.3 is 0 Å². The number of pyridine rings is 1. The fourth-order valence-electron chi connectivity index (χ4n) is 7.05. The zero-order valence-corrected chi connectivity index (χ0v) is 29.1. The van der Waals surface area contributed by atoms with E-state index in [0.717, 1.165) is 57.6 Å². The van der Waals surface area contributed by atoms with E-state index in [2.05, 4.69) is 11.7 Å². The maximum absolute atomic E-state index is 16.3. The second-order valence-corrected chi connectivity index (χ2v) is 13.7. The smallest absolute Gasteiger partial charge is 0.246 e. The summed E-state index contributed by atoms with van der Waals surface area (Å²) in [5, 5.41) is 13.1. The topological polar surface area (TPSA) is 96.5 Å². The molecule has 4 aromatic heterocycles. The van der Waals surface area contributed by atoms with E-state index < -0.39 is 11.6 Å². The zero-order chi connectivity index (χ0) is 35.2. The van der Waals surface area contributed by atoms with Crippen molar-refractivity contribution in [2.45, 2.75) is 38.8 Å². The van der Waals surface area contributed by atoms with E-state index in [1.54, 1.807) is 15.8 Å². The van der Waals surface area contributed by atoms with Crippen LogP contribution in [0.3, 0.4) is 0 Å². The van der Waals surface area contributed by atoms with Gasteiger partial charge in [-0.2, -0.15) is 10.2 Å². The third kappa shape index (κ3) is 5.93.